The van der Waals surface area contributed by atoms with E-state index in [0.717, 1.165) is 42.0 Å². The number of nitrogens with two attached hydrogens (primary N) is 1. The van der Waals surface area contributed by atoms with Gasteiger partial charge in [0.1, 0.15) is 5.82 Å². The van der Waals surface area contributed by atoms with Gasteiger partial charge in [-0.1, -0.05) is 18.2 Å². The number of nitrogens with zero attached hydrogens (tertiary/aromatic N) is 2. The molecule has 0 spiro atoms. The molecule has 28 heavy (non-hydrogen) atoms. The van der Waals surface area contributed by atoms with E-state index in [1.807, 2.05) is 24.5 Å². The molecule has 1 aliphatic heterocycles. The Morgan fingerprint density at radius 3 is 2.93 bits per heavy atom. The number of benzene rings is 2. The fourth-order valence-corrected chi connectivity index (χ4v) is 4.15. The van der Waals surface area contributed by atoms with Gasteiger partial charge in [-0.2, -0.15) is 0 Å². The zero-order chi connectivity index (χ0) is 19.1. The standard InChI is InChI=1S/C23H20N4O/c24-23(28)19-4-2-6-21-18(19)9-12-27(21)22-14-15(7-10-26-22)13-16-3-1-5-20-17(16)8-11-25-20/h1-8,10-11,14,25H,9,12-13H2,(H2,24,28). The second kappa shape index (κ2) is 6.53. The number of H-pyrrole nitrogens is 1. The Kier molecular flexibility index (Phi) is 3.86. The molecule has 0 radical (unpaired) electrons. The molecule has 4 aromatic rings. The minimum absolute atomic E-state index is 0.375. The van der Waals surface area contributed by atoms with Crippen LogP contribution >= 0.6 is 0 Å². The average Bonchev–Trinajstić information content (AvgIpc) is 3.35. The lowest BCUT2D eigenvalue weighted by Crippen LogP contribution is -2.15. The molecule has 2 aromatic heterocycles. The summed E-state index contributed by atoms with van der Waals surface area (Å²) in [4.78, 5) is 21.8. The van der Waals surface area contributed by atoms with Crippen molar-refractivity contribution in [3.63, 3.8) is 0 Å². The molecular formula is C23H20N4O. The van der Waals surface area contributed by atoms with Crippen LogP contribution in [0.1, 0.15) is 27.0 Å². The minimum atomic E-state index is -0.375. The first-order valence-electron chi connectivity index (χ1n) is 9.40. The Hall–Kier alpha value is -3.60. The maximum Gasteiger partial charge on any atom is 0.249 e. The van der Waals surface area contributed by atoms with E-state index >= 15 is 0 Å². The number of amides is 1. The van der Waals surface area contributed by atoms with Crippen molar-refractivity contribution in [2.75, 3.05) is 11.4 Å². The largest absolute Gasteiger partial charge is 0.366 e. The zero-order valence-corrected chi connectivity index (χ0v) is 15.4. The van der Waals surface area contributed by atoms with Crippen LogP contribution in [0.15, 0.2) is 67.0 Å². The lowest BCUT2D eigenvalue weighted by atomic mass is 10.0. The first kappa shape index (κ1) is 16.6. The topological polar surface area (TPSA) is 75.0 Å². The van der Waals surface area contributed by atoms with Crippen LogP contribution in [0.5, 0.6) is 0 Å². The monoisotopic (exact) mass is 368 g/mol. The number of nitrogens with one attached hydrogen (secondary N) is 1. The number of carbonyl (C=O) groups is 1. The van der Waals surface area contributed by atoms with E-state index in [0.29, 0.717) is 5.56 Å². The van der Waals surface area contributed by atoms with E-state index in [1.165, 1.54) is 16.5 Å². The lowest BCUT2D eigenvalue weighted by molar-refractivity contribution is 0.0999. The Morgan fingerprint density at radius 1 is 1.14 bits per heavy atom. The van der Waals surface area contributed by atoms with Gasteiger partial charge in [0.2, 0.25) is 5.91 Å². The van der Waals surface area contributed by atoms with Crippen LogP contribution in [0.4, 0.5) is 11.5 Å². The Bertz CT molecular complexity index is 1190. The van der Waals surface area contributed by atoms with Gasteiger partial charge in [-0.25, -0.2) is 4.98 Å². The summed E-state index contributed by atoms with van der Waals surface area (Å²) in [5, 5.41) is 1.25. The summed E-state index contributed by atoms with van der Waals surface area (Å²) in [6.45, 7) is 0.795. The summed E-state index contributed by atoms with van der Waals surface area (Å²) < 4.78 is 0. The van der Waals surface area contributed by atoms with E-state index in [1.54, 1.807) is 6.07 Å². The molecule has 138 valence electrons. The number of rotatable bonds is 4. The van der Waals surface area contributed by atoms with Gasteiger partial charge in [-0.05, 0) is 65.9 Å². The predicted molar refractivity (Wildman–Crippen MR) is 111 cm³/mol. The molecule has 0 fully saturated rings. The van der Waals surface area contributed by atoms with Crippen molar-refractivity contribution in [2.24, 2.45) is 5.73 Å². The Labute approximate surface area is 162 Å². The molecule has 0 atom stereocenters. The molecule has 1 amide bonds. The highest BCUT2D eigenvalue weighted by molar-refractivity contribution is 5.96. The molecule has 0 aliphatic carbocycles. The molecular weight excluding hydrogens is 348 g/mol. The number of pyridine rings is 1. The average molecular weight is 368 g/mol. The van der Waals surface area contributed by atoms with Gasteiger partial charge in [0.15, 0.2) is 0 Å². The number of anilines is 2. The van der Waals surface area contributed by atoms with Crippen molar-refractivity contribution in [1.29, 1.82) is 0 Å². The highest BCUT2D eigenvalue weighted by atomic mass is 16.1. The number of carbonyl (C=O) groups excluding carboxylic acids is 1. The fourth-order valence-electron chi connectivity index (χ4n) is 4.15. The van der Waals surface area contributed by atoms with Crippen molar-refractivity contribution in [1.82, 2.24) is 9.97 Å². The molecule has 2 aromatic carbocycles. The van der Waals surface area contributed by atoms with E-state index in [9.17, 15) is 4.79 Å². The molecule has 3 N–H and O–H groups in total. The summed E-state index contributed by atoms with van der Waals surface area (Å²) in [5.74, 6) is 0.527. The first-order chi connectivity index (χ1) is 13.7. The van der Waals surface area contributed by atoms with Crippen molar-refractivity contribution in [3.05, 3.63) is 89.2 Å². The highest BCUT2D eigenvalue weighted by Crippen LogP contribution is 2.35. The smallest absolute Gasteiger partial charge is 0.249 e. The minimum Gasteiger partial charge on any atom is -0.366 e. The number of hydrogen-bond acceptors (Lipinski definition) is 3. The van der Waals surface area contributed by atoms with E-state index in [2.05, 4.69) is 51.3 Å². The molecule has 3 heterocycles. The number of primary amides is 1. The van der Waals surface area contributed by atoms with Crippen LogP contribution in [-0.4, -0.2) is 22.4 Å². The van der Waals surface area contributed by atoms with Gasteiger partial charge < -0.3 is 15.6 Å². The quantitative estimate of drug-likeness (QED) is 0.573. The number of fused-ring (bicyclic) bond motifs is 2. The van der Waals surface area contributed by atoms with Crippen molar-refractivity contribution < 1.29 is 4.79 Å². The molecule has 0 saturated heterocycles. The van der Waals surface area contributed by atoms with Gasteiger partial charge in [-0.15, -0.1) is 0 Å². The maximum absolute atomic E-state index is 11.7. The normalized spacial score (nSPS) is 13.1. The zero-order valence-electron chi connectivity index (χ0n) is 15.4. The van der Waals surface area contributed by atoms with Crippen molar-refractivity contribution >= 4 is 28.3 Å². The van der Waals surface area contributed by atoms with Gasteiger partial charge in [-0.3, -0.25) is 4.79 Å². The van der Waals surface area contributed by atoms with Crippen LogP contribution in [0.3, 0.4) is 0 Å². The highest BCUT2D eigenvalue weighted by Gasteiger charge is 2.25. The van der Waals surface area contributed by atoms with E-state index in [4.69, 9.17) is 5.73 Å². The predicted octanol–water partition coefficient (Wildman–Crippen LogP) is 3.95. The first-order valence-corrected chi connectivity index (χ1v) is 9.40. The summed E-state index contributed by atoms with van der Waals surface area (Å²) in [7, 11) is 0. The molecule has 1 aliphatic rings. The third-order valence-electron chi connectivity index (χ3n) is 5.46. The maximum atomic E-state index is 11.7. The van der Waals surface area contributed by atoms with Crippen LogP contribution < -0.4 is 10.6 Å². The number of aromatic amines is 1. The van der Waals surface area contributed by atoms with Crippen LogP contribution in [0.2, 0.25) is 0 Å². The summed E-state index contributed by atoms with van der Waals surface area (Å²) in [5.41, 5.74) is 11.8. The number of aromatic nitrogens is 2. The second-order valence-corrected chi connectivity index (χ2v) is 7.12. The van der Waals surface area contributed by atoms with Gasteiger partial charge in [0, 0.05) is 41.1 Å². The van der Waals surface area contributed by atoms with Crippen LogP contribution in [0.25, 0.3) is 10.9 Å². The molecule has 0 saturated carbocycles. The van der Waals surface area contributed by atoms with E-state index < -0.39 is 0 Å². The van der Waals surface area contributed by atoms with Gasteiger partial charge in [0.05, 0.1) is 0 Å². The van der Waals surface area contributed by atoms with Gasteiger partial charge >= 0.3 is 0 Å². The number of hydrogen-bond donors (Lipinski definition) is 2. The van der Waals surface area contributed by atoms with Crippen LogP contribution in [0, 0.1) is 0 Å². The van der Waals surface area contributed by atoms with E-state index in [-0.39, 0.29) is 5.91 Å². The van der Waals surface area contributed by atoms with Crippen LogP contribution in [-0.2, 0) is 12.8 Å². The van der Waals surface area contributed by atoms with Crippen molar-refractivity contribution in [2.45, 2.75) is 12.8 Å². The molecule has 5 rings (SSSR count). The molecule has 0 unspecified atom stereocenters. The van der Waals surface area contributed by atoms with Crippen molar-refractivity contribution in [3.8, 4) is 0 Å². The Morgan fingerprint density at radius 2 is 2.04 bits per heavy atom. The molecule has 5 heteroatoms. The Balaban J connectivity index is 1.49. The fraction of sp³-hybridized carbons (Fsp3) is 0.130. The van der Waals surface area contributed by atoms with Gasteiger partial charge in [0.25, 0.3) is 0 Å². The molecule has 5 nitrogen and oxygen atoms in total. The summed E-state index contributed by atoms with van der Waals surface area (Å²) in [6.07, 6.45) is 5.47. The third kappa shape index (κ3) is 2.72. The summed E-state index contributed by atoms with van der Waals surface area (Å²) in [6, 6.07) is 18.4. The molecule has 0 bridgehead atoms. The summed E-state index contributed by atoms with van der Waals surface area (Å²) >= 11 is 0. The third-order valence-corrected chi connectivity index (χ3v) is 5.46. The lowest BCUT2D eigenvalue weighted by Gasteiger charge is -2.19. The second-order valence-electron chi connectivity index (χ2n) is 7.12. The SMILES string of the molecule is NC(=O)c1cccc2c1CCN2c1cc(Cc2cccc3[nH]ccc23)ccn1.